The summed E-state index contributed by atoms with van der Waals surface area (Å²) in [4.78, 5) is 29.2. The standard InChI is InChI=1S/C34H37N3O4S/c1-25-15-17-29(18-16-25)23-36(32(34(39)35-4)22-28-11-7-5-8-12-28)33(38)24-37(30-20-26(2)19-27(3)21-30)42(40,41)31-13-9-6-10-14-31/h5-21,32H,22-24H2,1-4H3,(H,35,39). The highest BCUT2D eigenvalue weighted by Gasteiger charge is 2.34. The van der Waals surface area contributed by atoms with E-state index in [1.807, 2.05) is 81.4 Å². The lowest BCUT2D eigenvalue weighted by atomic mass is 10.0. The minimum absolute atomic E-state index is 0.0779. The Labute approximate surface area is 248 Å². The predicted octanol–water partition coefficient (Wildman–Crippen LogP) is 5.19. The lowest BCUT2D eigenvalue weighted by Crippen LogP contribution is -2.53. The molecule has 42 heavy (non-hydrogen) atoms. The van der Waals surface area contributed by atoms with Crippen LogP contribution in [-0.4, -0.2) is 44.8 Å². The number of carbonyl (C=O) groups excluding carboxylic acids is 2. The maximum Gasteiger partial charge on any atom is 0.264 e. The lowest BCUT2D eigenvalue weighted by Gasteiger charge is -2.33. The van der Waals surface area contributed by atoms with E-state index in [0.29, 0.717) is 5.69 Å². The van der Waals surface area contributed by atoms with Gasteiger partial charge in [-0.2, -0.15) is 0 Å². The van der Waals surface area contributed by atoms with Crippen LogP contribution in [0, 0.1) is 20.8 Å². The quantitative estimate of drug-likeness (QED) is 0.263. The molecule has 0 radical (unpaired) electrons. The topological polar surface area (TPSA) is 86.8 Å². The molecule has 0 saturated heterocycles. The van der Waals surface area contributed by atoms with Crippen LogP contribution in [0.25, 0.3) is 0 Å². The zero-order valence-electron chi connectivity index (χ0n) is 24.4. The van der Waals surface area contributed by atoms with Gasteiger partial charge >= 0.3 is 0 Å². The first kappa shape index (κ1) is 30.5. The number of rotatable bonds is 11. The van der Waals surface area contributed by atoms with E-state index in [1.54, 1.807) is 30.3 Å². The Kier molecular flexibility index (Phi) is 9.80. The summed E-state index contributed by atoms with van der Waals surface area (Å²) in [5.74, 6) is -0.818. The Bertz CT molecular complexity index is 1600. The van der Waals surface area contributed by atoms with E-state index in [4.69, 9.17) is 0 Å². The molecular weight excluding hydrogens is 546 g/mol. The summed E-state index contributed by atoms with van der Waals surface area (Å²) in [6.07, 6.45) is 0.271. The van der Waals surface area contributed by atoms with Crippen LogP contribution in [0.4, 0.5) is 5.69 Å². The van der Waals surface area contributed by atoms with Crippen molar-refractivity contribution in [2.24, 2.45) is 0 Å². The van der Waals surface area contributed by atoms with E-state index >= 15 is 0 Å². The molecule has 0 aliphatic heterocycles. The predicted molar refractivity (Wildman–Crippen MR) is 167 cm³/mol. The van der Waals surface area contributed by atoms with Crippen molar-refractivity contribution in [3.8, 4) is 0 Å². The molecule has 0 aliphatic rings. The highest BCUT2D eigenvalue weighted by atomic mass is 32.2. The first-order valence-corrected chi connectivity index (χ1v) is 15.3. The van der Waals surface area contributed by atoms with Gasteiger partial charge in [0.2, 0.25) is 11.8 Å². The lowest BCUT2D eigenvalue weighted by molar-refractivity contribution is -0.139. The fourth-order valence-electron chi connectivity index (χ4n) is 4.95. The summed E-state index contributed by atoms with van der Waals surface area (Å²) in [7, 11) is -2.58. The van der Waals surface area contributed by atoms with Crippen molar-refractivity contribution in [3.63, 3.8) is 0 Å². The molecule has 1 atom stereocenters. The van der Waals surface area contributed by atoms with Gasteiger partial charge in [-0.05, 0) is 67.3 Å². The van der Waals surface area contributed by atoms with Crippen molar-refractivity contribution in [2.45, 2.75) is 44.7 Å². The molecule has 0 fully saturated rings. The van der Waals surface area contributed by atoms with E-state index < -0.39 is 28.5 Å². The Morgan fingerprint density at radius 2 is 1.31 bits per heavy atom. The second-order valence-electron chi connectivity index (χ2n) is 10.5. The molecule has 2 amide bonds. The molecule has 4 rings (SSSR count). The first-order valence-electron chi connectivity index (χ1n) is 13.8. The van der Waals surface area contributed by atoms with Crippen molar-refractivity contribution >= 4 is 27.5 Å². The third-order valence-corrected chi connectivity index (χ3v) is 8.88. The van der Waals surface area contributed by atoms with Gasteiger partial charge in [0, 0.05) is 20.0 Å². The van der Waals surface area contributed by atoms with Gasteiger partial charge in [0.25, 0.3) is 10.0 Å². The molecular formula is C34H37N3O4S. The van der Waals surface area contributed by atoms with Crippen molar-refractivity contribution < 1.29 is 18.0 Å². The second kappa shape index (κ2) is 13.5. The zero-order valence-corrected chi connectivity index (χ0v) is 25.3. The van der Waals surface area contributed by atoms with Crippen LogP contribution in [0.1, 0.15) is 27.8 Å². The summed E-state index contributed by atoms with van der Waals surface area (Å²) in [6, 6.07) is 29.9. The normalized spacial score (nSPS) is 11.9. The third kappa shape index (κ3) is 7.44. The number of likely N-dealkylation sites (N-methyl/N-ethyl adjacent to an activating group) is 1. The summed E-state index contributed by atoms with van der Waals surface area (Å²) < 4.78 is 29.2. The maximum atomic E-state index is 14.3. The minimum Gasteiger partial charge on any atom is -0.357 e. The average Bonchev–Trinajstić information content (AvgIpc) is 2.98. The average molecular weight is 584 g/mol. The molecule has 0 aliphatic carbocycles. The number of benzene rings is 4. The van der Waals surface area contributed by atoms with E-state index in [2.05, 4.69) is 5.32 Å². The van der Waals surface area contributed by atoms with Gasteiger partial charge < -0.3 is 10.2 Å². The van der Waals surface area contributed by atoms with Crippen LogP contribution in [0.5, 0.6) is 0 Å². The third-order valence-electron chi connectivity index (χ3n) is 7.10. The van der Waals surface area contributed by atoms with E-state index in [1.165, 1.54) is 24.1 Å². The van der Waals surface area contributed by atoms with E-state index in [9.17, 15) is 18.0 Å². The highest BCUT2D eigenvalue weighted by Crippen LogP contribution is 2.27. The van der Waals surface area contributed by atoms with E-state index in [-0.39, 0.29) is 23.8 Å². The van der Waals surface area contributed by atoms with Crippen molar-refractivity contribution in [3.05, 3.63) is 131 Å². The van der Waals surface area contributed by atoms with Gasteiger partial charge in [-0.1, -0.05) is 84.4 Å². The Hall–Kier alpha value is -4.43. The molecule has 1 N–H and O–H groups in total. The number of hydrogen-bond donors (Lipinski definition) is 1. The zero-order chi connectivity index (χ0) is 30.3. The molecule has 4 aromatic rings. The molecule has 0 saturated carbocycles. The molecule has 0 aromatic heterocycles. The van der Waals surface area contributed by atoms with Crippen LogP contribution in [0.3, 0.4) is 0 Å². The van der Waals surface area contributed by atoms with Gasteiger partial charge in [-0.25, -0.2) is 8.42 Å². The number of nitrogens with zero attached hydrogens (tertiary/aromatic N) is 2. The molecule has 7 nitrogen and oxygen atoms in total. The number of sulfonamides is 1. The summed E-state index contributed by atoms with van der Waals surface area (Å²) in [6.45, 7) is 5.41. The van der Waals surface area contributed by atoms with Crippen molar-refractivity contribution in [1.82, 2.24) is 10.2 Å². The van der Waals surface area contributed by atoms with Crippen molar-refractivity contribution in [1.29, 1.82) is 0 Å². The van der Waals surface area contributed by atoms with Crippen LogP contribution < -0.4 is 9.62 Å². The Morgan fingerprint density at radius 3 is 1.88 bits per heavy atom. The summed E-state index contributed by atoms with van der Waals surface area (Å²) in [5, 5.41) is 2.71. The molecule has 0 heterocycles. The highest BCUT2D eigenvalue weighted by molar-refractivity contribution is 7.92. The van der Waals surface area contributed by atoms with Crippen LogP contribution in [0.2, 0.25) is 0 Å². The smallest absolute Gasteiger partial charge is 0.264 e. The van der Waals surface area contributed by atoms with Crippen LogP contribution in [0.15, 0.2) is 108 Å². The number of anilines is 1. The largest absolute Gasteiger partial charge is 0.357 e. The summed E-state index contributed by atoms with van der Waals surface area (Å²) >= 11 is 0. The first-order chi connectivity index (χ1) is 20.1. The van der Waals surface area contributed by atoms with Gasteiger partial charge in [0.05, 0.1) is 10.6 Å². The number of amides is 2. The fourth-order valence-corrected chi connectivity index (χ4v) is 6.37. The fraction of sp³-hybridized carbons (Fsp3) is 0.235. The van der Waals surface area contributed by atoms with Gasteiger partial charge in [0.1, 0.15) is 12.6 Å². The Morgan fingerprint density at radius 1 is 0.738 bits per heavy atom. The van der Waals surface area contributed by atoms with Gasteiger partial charge in [-0.3, -0.25) is 13.9 Å². The monoisotopic (exact) mass is 583 g/mol. The van der Waals surface area contributed by atoms with Gasteiger partial charge in [0.15, 0.2) is 0 Å². The second-order valence-corrected chi connectivity index (χ2v) is 12.4. The van der Waals surface area contributed by atoms with Crippen molar-refractivity contribution in [2.75, 3.05) is 17.9 Å². The maximum absolute atomic E-state index is 14.3. The molecule has 4 aromatic carbocycles. The number of hydrogen-bond acceptors (Lipinski definition) is 4. The number of aryl methyl sites for hydroxylation is 3. The van der Waals surface area contributed by atoms with Crippen LogP contribution >= 0.6 is 0 Å². The SMILES string of the molecule is CNC(=O)C(Cc1ccccc1)N(Cc1ccc(C)cc1)C(=O)CN(c1cc(C)cc(C)c1)S(=O)(=O)c1ccccc1. The summed E-state index contributed by atoms with van der Waals surface area (Å²) in [5.41, 5.74) is 4.91. The molecule has 218 valence electrons. The number of nitrogens with one attached hydrogen (secondary N) is 1. The van der Waals surface area contributed by atoms with Gasteiger partial charge in [-0.15, -0.1) is 0 Å². The molecule has 0 spiro atoms. The minimum atomic E-state index is -4.12. The molecule has 0 bridgehead atoms. The van der Waals surface area contributed by atoms with E-state index in [0.717, 1.165) is 32.1 Å². The molecule has 8 heteroatoms. The Balaban J connectivity index is 1.80. The van der Waals surface area contributed by atoms with Crippen LogP contribution in [-0.2, 0) is 32.6 Å². The molecule has 1 unspecified atom stereocenters. The number of carbonyl (C=O) groups is 2.